The maximum atomic E-state index is 13.0. The number of nitrogens with one attached hydrogen (secondary N) is 2. The summed E-state index contributed by atoms with van der Waals surface area (Å²) >= 11 is 5.85. The van der Waals surface area contributed by atoms with Gasteiger partial charge in [-0.3, -0.25) is 9.52 Å². The van der Waals surface area contributed by atoms with Gasteiger partial charge in [-0.15, -0.1) is 0 Å². The van der Waals surface area contributed by atoms with Crippen LogP contribution < -0.4 is 14.9 Å². The number of aromatic nitrogens is 2. The molecule has 0 radical (unpaired) electrons. The molecule has 1 amide bonds. The van der Waals surface area contributed by atoms with Crippen LogP contribution in [0.3, 0.4) is 0 Å². The smallest absolute Gasteiger partial charge is 0.261 e. The van der Waals surface area contributed by atoms with Gasteiger partial charge in [0.15, 0.2) is 0 Å². The Morgan fingerprint density at radius 2 is 1.62 bits per heavy atom. The number of carbonyl (C=O) groups is 1. The molecule has 4 rings (SSSR count). The highest BCUT2D eigenvalue weighted by Crippen LogP contribution is 2.22. The molecule has 2 N–H and O–H groups in total. The van der Waals surface area contributed by atoms with Gasteiger partial charge in [0.2, 0.25) is 5.95 Å². The molecule has 166 valence electrons. The zero-order valence-corrected chi connectivity index (χ0v) is 18.7. The van der Waals surface area contributed by atoms with Gasteiger partial charge in [0, 0.05) is 36.5 Å². The zero-order valence-electron chi connectivity index (χ0n) is 17.1. The Balaban J connectivity index is 1.42. The number of amides is 1. The van der Waals surface area contributed by atoms with Crippen molar-refractivity contribution in [3.8, 4) is 0 Å². The fourth-order valence-electron chi connectivity index (χ4n) is 3.53. The topological polar surface area (TPSA) is 104 Å². The number of rotatable bonds is 6. The predicted molar refractivity (Wildman–Crippen MR) is 123 cm³/mol. The van der Waals surface area contributed by atoms with E-state index < -0.39 is 10.0 Å². The summed E-state index contributed by atoms with van der Waals surface area (Å²) in [7, 11) is -3.87. The Hall–Kier alpha value is -3.17. The van der Waals surface area contributed by atoms with E-state index in [0.717, 1.165) is 25.9 Å². The minimum atomic E-state index is -3.87. The fraction of sp³-hybridized carbons (Fsp3) is 0.227. The van der Waals surface area contributed by atoms with Crippen LogP contribution in [-0.4, -0.2) is 43.4 Å². The first-order valence-corrected chi connectivity index (χ1v) is 12.0. The van der Waals surface area contributed by atoms with Gasteiger partial charge < -0.3 is 10.2 Å². The lowest BCUT2D eigenvalue weighted by Gasteiger charge is -2.32. The Labute approximate surface area is 191 Å². The molecule has 1 aromatic heterocycles. The fourth-order valence-corrected chi connectivity index (χ4v) is 4.73. The van der Waals surface area contributed by atoms with Crippen molar-refractivity contribution in [3.05, 3.63) is 77.6 Å². The molecule has 0 aliphatic carbocycles. The largest absolute Gasteiger partial charge is 0.349 e. The molecule has 2 aromatic carbocycles. The number of hydrogen-bond acceptors (Lipinski definition) is 6. The van der Waals surface area contributed by atoms with E-state index in [9.17, 15) is 13.2 Å². The summed E-state index contributed by atoms with van der Waals surface area (Å²) in [6.45, 7) is 1.44. The highest BCUT2D eigenvalue weighted by molar-refractivity contribution is 7.92. The molecule has 2 heterocycles. The van der Waals surface area contributed by atoms with Crippen molar-refractivity contribution in [2.75, 3.05) is 22.7 Å². The summed E-state index contributed by atoms with van der Waals surface area (Å²) in [6.07, 6.45) is 4.89. The van der Waals surface area contributed by atoms with Crippen LogP contribution in [0.5, 0.6) is 0 Å². The van der Waals surface area contributed by atoms with Crippen molar-refractivity contribution in [1.82, 2.24) is 15.3 Å². The van der Waals surface area contributed by atoms with E-state index in [1.807, 2.05) is 0 Å². The normalized spacial score (nSPS) is 14.7. The van der Waals surface area contributed by atoms with Gasteiger partial charge in [0.1, 0.15) is 0 Å². The van der Waals surface area contributed by atoms with E-state index in [4.69, 9.17) is 11.6 Å². The number of carbonyl (C=O) groups excluding carboxylic acids is 1. The average molecular weight is 472 g/mol. The third-order valence-corrected chi connectivity index (χ3v) is 6.84. The lowest BCUT2D eigenvalue weighted by atomic mass is 10.0. The third kappa shape index (κ3) is 5.17. The van der Waals surface area contributed by atoms with E-state index in [-0.39, 0.29) is 28.1 Å². The number of anilines is 2. The van der Waals surface area contributed by atoms with E-state index in [0.29, 0.717) is 11.0 Å². The Kier molecular flexibility index (Phi) is 6.57. The molecule has 3 aromatic rings. The first-order valence-electron chi connectivity index (χ1n) is 10.1. The first kappa shape index (κ1) is 22.0. The van der Waals surface area contributed by atoms with Crippen molar-refractivity contribution in [2.24, 2.45) is 0 Å². The molecule has 0 saturated carbocycles. The maximum Gasteiger partial charge on any atom is 0.261 e. The quantitative estimate of drug-likeness (QED) is 0.571. The molecule has 0 unspecified atom stereocenters. The number of para-hydroxylation sites is 1. The van der Waals surface area contributed by atoms with Crippen LogP contribution in [0.1, 0.15) is 23.2 Å². The highest BCUT2D eigenvalue weighted by Gasteiger charge is 2.24. The molecule has 8 nitrogen and oxygen atoms in total. The number of benzene rings is 2. The summed E-state index contributed by atoms with van der Waals surface area (Å²) < 4.78 is 28.0. The Bertz CT molecular complexity index is 1180. The number of halogens is 1. The molecule has 1 aliphatic rings. The second kappa shape index (κ2) is 9.54. The Morgan fingerprint density at radius 3 is 2.31 bits per heavy atom. The van der Waals surface area contributed by atoms with Crippen molar-refractivity contribution < 1.29 is 13.2 Å². The molecule has 0 atom stereocenters. The summed E-state index contributed by atoms with van der Waals surface area (Å²) in [5.74, 6) is 0.355. The zero-order chi connectivity index (χ0) is 22.6. The van der Waals surface area contributed by atoms with Gasteiger partial charge >= 0.3 is 0 Å². The van der Waals surface area contributed by atoms with Crippen LogP contribution in [0, 0.1) is 0 Å². The van der Waals surface area contributed by atoms with Gasteiger partial charge in [-0.05, 0) is 55.3 Å². The number of piperidine rings is 1. The number of nitrogens with zero attached hydrogens (tertiary/aromatic N) is 3. The molecule has 0 spiro atoms. The van der Waals surface area contributed by atoms with E-state index in [1.165, 1.54) is 24.3 Å². The third-order valence-electron chi connectivity index (χ3n) is 5.21. The number of hydrogen-bond donors (Lipinski definition) is 2. The minimum absolute atomic E-state index is 0.0246. The summed E-state index contributed by atoms with van der Waals surface area (Å²) in [5, 5.41) is 3.46. The molecule has 32 heavy (non-hydrogen) atoms. The van der Waals surface area contributed by atoms with Crippen LogP contribution in [0.2, 0.25) is 5.02 Å². The molecule has 0 bridgehead atoms. The molecular formula is C22H22ClN5O3S. The van der Waals surface area contributed by atoms with Crippen LogP contribution in [-0.2, 0) is 10.0 Å². The van der Waals surface area contributed by atoms with Gasteiger partial charge in [-0.25, -0.2) is 18.4 Å². The molecule has 1 saturated heterocycles. The van der Waals surface area contributed by atoms with Gasteiger partial charge in [-0.2, -0.15) is 0 Å². The number of sulfonamides is 1. The lowest BCUT2D eigenvalue weighted by molar-refractivity contribution is 0.0932. The van der Waals surface area contributed by atoms with E-state index in [2.05, 4.69) is 24.9 Å². The lowest BCUT2D eigenvalue weighted by Crippen LogP contribution is -2.45. The second-order valence-electron chi connectivity index (χ2n) is 7.39. The summed E-state index contributed by atoms with van der Waals surface area (Å²) in [5.41, 5.74) is 0.480. The summed E-state index contributed by atoms with van der Waals surface area (Å²) in [4.78, 5) is 23.6. The monoisotopic (exact) mass is 471 g/mol. The van der Waals surface area contributed by atoms with Crippen molar-refractivity contribution in [2.45, 2.75) is 23.8 Å². The van der Waals surface area contributed by atoms with Crippen LogP contribution in [0.15, 0.2) is 71.9 Å². The molecular weight excluding hydrogens is 450 g/mol. The standard InChI is InChI=1S/C22H22ClN5O3S/c23-16-6-8-18(9-7-16)32(30,31)27-20-5-2-1-4-19(20)21(29)26-17-10-14-28(15-11-17)22-24-12-3-13-25-22/h1-9,12-13,17,27H,10-11,14-15H2,(H,26,29). The van der Waals surface area contributed by atoms with Gasteiger partial charge in [0.05, 0.1) is 16.1 Å². The van der Waals surface area contributed by atoms with Crippen LogP contribution in [0.4, 0.5) is 11.6 Å². The first-order chi connectivity index (χ1) is 15.4. The van der Waals surface area contributed by atoms with Gasteiger partial charge in [0.25, 0.3) is 15.9 Å². The highest BCUT2D eigenvalue weighted by atomic mass is 35.5. The average Bonchev–Trinajstić information content (AvgIpc) is 2.80. The molecule has 1 aliphatic heterocycles. The van der Waals surface area contributed by atoms with Crippen molar-refractivity contribution in [1.29, 1.82) is 0 Å². The minimum Gasteiger partial charge on any atom is -0.349 e. The van der Waals surface area contributed by atoms with E-state index >= 15 is 0 Å². The van der Waals surface area contributed by atoms with Crippen molar-refractivity contribution >= 4 is 39.2 Å². The maximum absolute atomic E-state index is 13.0. The molecule has 1 fully saturated rings. The second-order valence-corrected chi connectivity index (χ2v) is 9.51. The predicted octanol–water partition coefficient (Wildman–Crippen LogP) is 3.33. The summed E-state index contributed by atoms with van der Waals surface area (Å²) in [6, 6.07) is 14.1. The Morgan fingerprint density at radius 1 is 0.969 bits per heavy atom. The van der Waals surface area contributed by atoms with Gasteiger partial charge in [-0.1, -0.05) is 23.7 Å². The van der Waals surface area contributed by atoms with Crippen LogP contribution >= 0.6 is 11.6 Å². The van der Waals surface area contributed by atoms with Crippen LogP contribution in [0.25, 0.3) is 0 Å². The SMILES string of the molecule is O=C(NC1CCN(c2ncccn2)CC1)c1ccccc1NS(=O)(=O)c1ccc(Cl)cc1. The molecule has 10 heteroatoms. The van der Waals surface area contributed by atoms with E-state index in [1.54, 1.807) is 42.7 Å². The van der Waals surface area contributed by atoms with Crippen molar-refractivity contribution in [3.63, 3.8) is 0 Å².